The van der Waals surface area contributed by atoms with Crippen LogP contribution in [0.15, 0.2) is 29.2 Å². The maximum absolute atomic E-state index is 12.4. The molecular weight excluding hydrogens is 316 g/mol. The lowest BCUT2D eigenvalue weighted by Gasteiger charge is -2.16. The first kappa shape index (κ1) is 17.9. The van der Waals surface area contributed by atoms with Crippen molar-refractivity contribution in [3.05, 3.63) is 29.8 Å². The maximum Gasteiger partial charge on any atom is 0.253 e. The number of amides is 1. The van der Waals surface area contributed by atoms with E-state index in [1.165, 1.54) is 12.1 Å². The van der Waals surface area contributed by atoms with Crippen LogP contribution in [0.5, 0.6) is 0 Å². The molecule has 0 aromatic heterocycles. The van der Waals surface area contributed by atoms with Crippen LogP contribution in [0.25, 0.3) is 0 Å². The predicted octanol–water partition coefficient (Wildman–Crippen LogP) is 1.48. The second-order valence-electron chi connectivity index (χ2n) is 5.78. The zero-order chi connectivity index (χ0) is 16.9. The number of benzene rings is 1. The van der Waals surface area contributed by atoms with Gasteiger partial charge in [0.1, 0.15) is 0 Å². The molecule has 7 heteroatoms. The first-order valence-corrected chi connectivity index (χ1v) is 9.34. The topological polar surface area (TPSA) is 75.7 Å². The molecule has 6 nitrogen and oxygen atoms in total. The van der Waals surface area contributed by atoms with Gasteiger partial charge in [-0.2, -0.15) is 0 Å². The van der Waals surface area contributed by atoms with Crippen molar-refractivity contribution in [2.24, 2.45) is 5.92 Å². The van der Waals surface area contributed by atoms with E-state index < -0.39 is 10.0 Å². The van der Waals surface area contributed by atoms with Gasteiger partial charge in [0.15, 0.2) is 0 Å². The maximum atomic E-state index is 12.4. The normalized spacial score (nSPS) is 18.3. The second kappa shape index (κ2) is 7.90. The van der Waals surface area contributed by atoms with Gasteiger partial charge in [0.25, 0.3) is 5.91 Å². The molecule has 2 rings (SSSR count). The van der Waals surface area contributed by atoms with Crippen LogP contribution in [-0.2, 0) is 14.8 Å². The monoisotopic (exact) mass is 340 g/mol. The molecule has 1 heterocycles. The van der Waals surface area contributed by atoms with Crippen molar-refractivity contribution in [2.75, 3.05) is 33.4 Å². The van der Waals surface area contributed by atoms with Crippen molar-refractivity contribution < 1.29 is 17.9 Å². The number of carbonyl (C=O) groups excluding carboxylic acids is 1. The molecule has 1 unspecified atom stereocenters. The summed E-state index contributed by atoms with van der Waals surface area (Å²) in [6, 6.07) is 6.11. The number of likely N-dealkylation sites (tertiary alicyclic amines) is 1. The molecule has 1 fully saturated rings. The van der Waals surface area contributed by atoms with Crippen molar-refractivity contribution in [3.8, 4) is 0 Å². The number of hydrogen-bond acceptors (Lipinski definition) is 4. The molecule has 23 heavy (non-hydrogen) atoms. The van der Waals surface area contributed by atoms with Crippen molar-refractivity contribution >= 4 is 15.9 Å². The van der Waals surface area contributed by atoms with Crippen LogP contribution in [0, 0.1) is 5.92 Å². The Morgan fingerprint density at radius 2 is 2.04 bits per heavy atom. The van der Waals surface area contributed by atoms with Crippen LogP contribution in [0.3, 0.4) is 0 Å². The molecule has 0 radical (unpaired) electrons. The lowest BCUT2D eigenvalue weighted by molar-refractivity contribution is 0.0775. The highest BCUT2D eigenvalue weighted by atomic mass is 32.2. The van der Waals surface area contributed by atoms with Crippen molar-refractivity contribution in [2.45, 2.75) is 24.7 Å². The van der Waals surface area contributed by atoms with Crippen molar-refractivity contribution in [3.63, 3.8) is 0 Å². The molecule has 0 spiro atoms. The molecular formula is C16H24N2O4S. The summed E-state index contributed by atoms with van der Waals surface area (Å²) < 4.78 is 31.7. The number of nitrogens with one attached hydrogen (secondary N) is 1. The van der Waals surface area contributed by atoms with Crippen LogP contribution in [0.1, 0.15) is 30.1 Å². The van der Waals surface area contributed by atoms with Crippen LogP contribution in [0.2, 0.25) is 0 Å². The fourth-order valence-electron chi connectivity index (χ4n) is 2.67. The summed E-state index contributed by atoms with van der Waals surface area (Å²) in [7, 11) is -1.83. The van der Waals surface area contributed by atoms with Crippen molar-refractivity contribution in [1.82, 2.24) is 9.62 Å². The van der Waals surface area contributed by atoms with E-state index in [4.69, 9.17) is 4.74 Å². The van der Waals surface area contributed by atoms with Gasteiger partial charge < -0.3 is 9.64 Å². The minimum Gasteiger partial charge on any atom is -0.384 e. The van der Waals surface area contributed by atoms with Crippen LogP contribution < -0.4 is 4.72 Å². The Balaban J connectivity index is 2.03. The van der Waals surface area contributed by atoms with Gasteiger partial charge in [0.2, 0.25) is 10.0 Å². The summed E-state index contributed by atoms with van der Waals surface area (Å²) in [5.41, 5.74) is 0.512. The average molecular weight is 340 g/mol. The minimum absolute atomic E-state index is 0.0610. The van der Waals surface area contributed by atoms with Gasteiger partial charge in [0.05, 0.1) is 11.5 Å². The van der Waals surface area contributed by atoms with Gasteiger partial charge in [-0.15, -0.1) is 0 Å². The predicted molar refractivity (Wildman–Crippen MR) is 87.8 cm³/mol. The van der Waals surface area contributed by atoms with E-state index in [1.807, 2.05) is 6.92 Å². The number of rotatable bonds is 7. The third-order valence-electron chi connectivity index (χ3n) is 3.93. The highest BCUT2D eigenvalue weighted by molar-refractivity contribution is 7.89. The molecule has 0 aliphatic carbocycles. The number of methoxy groups -OCH3 is 1. The summed E-state index contributed by atoms with van der Waals surface area (Å²) in [5.74, 6) is 0.316. The molecule has 1 aliphatic rings. The molecule has 1 N–H and O–H groups in total. The first-order valence-electron chi connectivity index (χ1n) is 7.86. The lowest BCUT2D eigenvalue weighted by atomic mass is 10.1. The van der Waals surface area contributed by atoms with Gasteiger partial charge in [-0.25, -0.2) is 13.1 Å². The fraction of sp³-hybridized carbons (Fsp3) is 0.562. The molecule has 1 atom stereocenters. The Morgan fingerprint density at radius 1 is 1.35 bits per heavy atom. The molecule has 1 aromatic carbocycles. The van der Waals surface area contributed by atoms with Gasteiger partial charge in [-0.1, -0.05) is 6.92 Å². The quantitative estimate of drug-likeness (QED) is 0.816. The Kier molecular flexibility index (Phi) is 6.15. The molecule has 1 aliphatic heterocycles. The molecule has 0 saturated carbocycles. The lowest BCUT2D eigenvalue weighted by Crippen LogP contribution is -2.29. The van der Waals surface area contributed by atoms with E-state index in [0.717, 1.165) is 12.8 Å². The zero-order valence-corrected chi connectivity index (χ0v) is 14.4. The smallest absolute Gasteiger partial charge is 0.253 e. The standard InChI is InChI=1S/C16H24N2O4S/c1-3-9-17-23(20,21)15-6-4-14(5-7-15)16(19)18-10-8-13(11-18)12-22-2/h4-7,13,17H,3,8-12H2,1-2H3. The van der Waals surface area contributed by atoms with E-state index in [9.17, 15) is 13.2 Å². The second-order valence-corrected chi connectivity index (χ2v) is 7.55. The molecule has 1 amide bonds. The van der Waals surface area contributed by atoms with Crippen LogP contribution >= 0.6 is 0 Å². The van der Waals surface area contributed by atoms with Crippen LogP contribution in [0.4, 0.5) is 0 Å². The Hall–Kier alpha value is -1.44. The highest BCUT2D eigenvalue weighted by Gasteiger charge is 2.27. The summed E-state index contributed by atoms with van der Waals surface area (Å²) in [6.07, 6.45) is 1.67. The number of carbonyl (C=O) groups is 1. The Labute approximate surface area is 137 Å². The van der Waals surface area contributed by atoms with Gasteiger partial charge >= 0.3 is 0 Å². The molecule has 1 aromatic rings. The van der Waals surface area contributed by atoms with Gasteiger partial charge in [0, 0.05) is 38.2 Å². The van der Waals surface area contributed by atoms with E-state index in [0.29, 0.717) is 37.7 Å². The third kappa shape index (κ3) is 4.53. The van der Waals surface area contributed by atoms with Gasteiger partial charge in [-0.05, 0) is 37.1 Å². The van der Waals surface area contributed by atoms with Crippen molar-refractivity contribution in [1.29, 1.82) is 0 Å². The Bertz CT molecular complexity index is 628. The van der Waals surface area contributed by atoms with Crippen LogP contribution in [-0.4, -0.2) is 52.6 Å². The van der Waals surface area contributed by atoms with E-state index in [1.54, 1.807) is 24.1 Å². The van der Waals surface area contributed by atoms with E-state index in [2.05, 4.69) is 4.72 Å². The third-order valence-corrected chi connectivity index (χ3v) is 5.41. The number of hydrogen-bond donors (Lipinski definition) is 1. The van der Waals surface area contributed by atoms with E-state index in [-0.39, 0.29) is 10.8 Å². The number of sulfonamides is 1. The summed E-state index contributed by atoms with van der Waals surface area (Å²) in [4.78, 5) is 14.4. The zero-order valence-electron chi connectivity index (χ0n) is 13.6. The molecule has 128 valence electrons. The van der Waals surface area contributed by atoms with Gasteiger partial charge in [-0.3, -0.25) is 4.79 Å². The minimum atomic E-state index is -3.49. The number of nitrogens with zero attached hydrogens (tertiary/aromatic N) is 1. The summed E-state index contributed by atoms with van der Waals surface area (Å²) in [6.45, 7) is 4.36. The molecule has 0 bridgehead atoms. The SMILES string of the molecule is CCCNS(=O)(=O)c1ccc(C(=O)N2CCC(COC)C2)cc1. The first-order chi connectivity index (χ1) is 11.0. The fourth-order valence-corrected chi connectivity index (χ4v) is 3.80. The average Bonchev–Trinajstić information content (AvgIpc) is 3.01. The van der Waals surface area contributed by atoms with E-state index >= 15 is 0 Å². The largest absolute Gasteiger partial charge is 0.384 e. The summed E-state index contributed by atoms with van der Waals surface area (Å²) in [5, 5.41) is 0. The number of ether oxygens (including phenoxy) is 1. The Morgan fingerprint density at radius 3 is 2.65 bits per heavy atom. The molecule has 1 saturated heterocycles. The summed E-state index contributed by atoms with van der Waals surface area (Å²) >= 11 is 0. The highest BCUT2D eigenvalue weighted by Crippen LogP contribution is 2.20.